The predicted molar refractivity (Wildman–Crippen MR) is 111 cm³/mol. The Bertz CT molecular complexity index is 904. The van der Waals surface area contributed by atoms with E-state index in [1.807, 2.05) is 18.2 Å². The molecule has 29 heavy (non-hydrogen) atoms. The van der Waals surface area contributed by atoms with Gasteiger partial charge in [0.25, 0.3) is 5.91 Å². The zero-order chi connectivity index (χ0) is 20.7. The number of carbonyl (C=O) groups is 1. The highest BCUT2D eigenvalue weighted by molar-refractivity contribution is 7.91. The van der Waals surface area contributed by atoms with Crippen molar-refractivity contribution in [1.29, 1.82) is 0 Å². The predicted octanol–water partition coefficient (Wildman–Crippen LogP) is 2.58. The Morgan fingerprint density at radius 2 is 1.72 bits per heavy atom. The quantitative estimate of drug-likeness (QED) is 0.714. The number of methoxy groups -OCH3 is 1. The van der Waals surface area contributed by atoms with Crippen LogP contribution in [0, 0.1) is 0 Å². The van der Waals surface area contributed by atoms with Crippen LogP contribution in [0.25, 0.3) is 0 Å². The fourth-order valence-corrected chi connectivity index (χ4v) is 4.77. The van der Waals surface area contributed by atoms with E-state index in [1.54, 1.807) is 12.1 Å². The molecule has 0 unspecified atom stereocenters. The van der Waals surface area contributed by atoms with E-state index in [9.17, 15) is 13.2 Å². The van der Waals surface area contributed by atoms with Gasteiger partial charge in [-0.05, 0) is 42.7 Å². The Balaban J connectivity index is 1.69. The van der Waals surface area contributed by atoms with Crippen LogP contribution in [0.3, 0.4) is 0 Å². The minimum absolute atomic E-state index is 0.0866. The minimum Gasteiger partial charge on any atom is -0.384 e. The van der Waals surface area contributed by atoms with E-state index >= 15 is 0 Å². The van der Waals surface area contributed by atoms with Crippen LogP contribution < -0.4 is 5.32 Å². The molecule has 2 aromatic carbocycles. The molecule has 0 atom stereocenters. The van der Waals surface area contributed by atoms with E-state index < -0.39 is 9.84 Å². The molecule has 2 aromatic rings. The van der Waals surface area contributed by atoms with E-state index in [4.69, 9.17) is 9.47 Å². The second-order valence-corrected chi connectivity index (χ2v) is 9.39. The molecule has 0 bridgehead atoms. The van der Waals surface area contributed by atoms with Crippen LogP contribution in [0.15, 0.2) is 59.5 Å². The number of hydrogen-bond donors (Lipinski definition) is 1. The summed E-state index contributed by atoms with van der Waals surface area (Å²) in [7, 11) is -1.95. The van der Waals surface area contributed by atoms with Crippen LogP contribution in [-0.2, 0) is 24.7 Å². The van der Waals surface area contributed by atoms with Crippen molar-refractivity contribution in [1.82, 2.24) is 5.32 Å². The van der Waals surface area contributed by atoms with Gasteiger partial charge in [-0.2, -0.15) is 0 Å². The molecule has 1 heterocycles. The average molecular weight is 418 g/mol. The fourth-order valence-electron chi connectivity index (χ4n) is 3.60. The van der Waals surface area contributed by atoms with Crippen LogP contribution in [0.4, 0.5) is 0 Å². The molecule has 1 saturated heterocycles. The fraction of sp³-hybridized carbons (Fsp3) is 0.409. The van der Waals surface area contributed by atoms with Gasteiger partial charge in [0.2, 0.25) is 0 Å². The molecule has 0 aliphatic carbocycles. The lowest BCUT2D eigenvalue weighted by Crippen LogP contribution is -2.44. The van der Waals surface area contributed by atoms with Crippen molar-refractivity contribution < 1.29 is 22.7 Å². The van der Waals surface area contributed by atoms with Gasteiger partial charge in [-0.1, -0.05) is 30.3 Å². The number of sulfone groups is 1. The summed E-state index contributed by atoms with van der Waals surface area (Å²) in [6.07, 6.45) is 1.68. The summed E-state index contributed by atoms with van der Waals surface area (Å²) in [4.78, 5) is 12.9. The molecule has 7 heteroatoms. The van der Waals surface area contributed by atoms with Crippen LogP contribution in [0.1, 0.15) is 28.8 Å². The highest BCUT2D eigenvalue weighted by atomic mass is 32.2. The van der Waals surface area contributed by atoms with Crippen molar-refractivity contribution in [2.75, 3.05) is 39.2 Å². The summed E-state index contributed by atoms with van der Waals surface area (Å²) in [5.41, 5.74) is 1.48. The molecule has 1 fully saturated rings. The Labute approximate surface area is 172 Å². The van der Waals surface area contributed by atoms with Gasteiger partial charge in [0, 0.05) is 37.8 Å². The van der Waals surface area contributed by atoms with Gasteiger partial charge in [0.15, 0.2) is 9.84 Å². The van der Waals surface area contributed by atoms with Gasteiger partial charge in [-0.25, -0.2) is 8.42 Å². The summed E-state index contributed by atoms with van der Waals surface area (Å²) in [6, 6.07) is 16.2. The summed E-state index contributed by atoms with van der Waals surface area (Å²) in [5.74, 6) is -0.302. The summed E-state index contributed by atoms with van der Waals surface area (Å²) in [5, 5.41) is 3.04. The number of carbonyl (C=O) groups excluding carboxylic acids is 1. The Morgan fingerprint density at radius 1 is 1.07 bits per heavy atom. The lowest BCUT2D eigenvalue weighted by Gasteiger charge is -2.38. The van der Waals surface area contributed by atoms with Gasteiger partial charge in [-0.3, -0.25) is 4.79 Å². The monoisotopic (exact) mass is 417 g/mol. The first-order valence-corrected chi connectivity index (χ1v) is 11.4. The first kappa shape index (κ1) is 21.5. The summed E-state index contributed by atoms with van der Waals surface area (Å²) >= 11 is 0. The SMILES string of the molecule is COCCS(=O)(=O)c1ccc(C(=O)NCC2(c3ccccc3)CCOCC2)cc1. The van der Waals surface area contributed by atoms with Crippen molar-refractivity contribution in [3.8, 4) is 0 Å². The largest absolute Gasteiger partial charge is 0.384 e. The molecule has 1 aliphatic heterocycles. The third-order valence-corrected chi connectivity index (χ3v) is 7.15. The maximum atomic E-state index is 12.7. The molecular formula is C22H27NO5S. The van der Waals surface area contributed by atoms with Gasteiger partial charge >= 0.3 is 0 Å². The summed E-state index contributed by atoms with van der Waals surface area (Å²) in [6.45, 7) is 1.97. The van der Waals surface area contributed by atoms with Crippen LogP contribution in [-0.4, -0.2) is 53.6 Å². The van der Waals surface area contributed by atoms with Crippen molar-refractivity contribution in [2.45, 2.75) is 23.2 Å². The zero-order valence-corrected chi connectivity index (χ0v) is 17.4. The lowest BCUT2D eigenvalue weighted by molar-refractivity contribution is 0.0487. The Morgan fingerprint density at radius 3 is 2.34 bits per heavy atom. The standard InChI is InChI=1S/C22H27NO5S/c1-27-15-16-29(25,26)20-9-7-18(8-10-20)21(24)23-17-22(11-13-28-14-12-22)19-5-3-2-4-6-19/h2-10H,11-17H2,1H3,(H,23,24). The van der Waals surface area contributed by atoms with Crippen molar-refractivity contribution in [3.05, 3.63) is 65.7 Å². The van der Waals surface area contributed by atoms with Gasteiger partial charge in [-0.15, -0.1) is 0 Å². The third kappa shape index (κ3) is 5.23. The Hall–Kier alpha value is -2.22. The van der Waals surface area contributed by atoms with Crippen LogP contribution in [0.2, 0.25) is 0 Å². The van der Waals surface area contributed by atoms with Gasteiger partial charge in [0.05, 0.1) is 17.3 Å². The smallest absolute Gasteiger partial charge is 0.251 e. The third-order valence-electron chi connectivity index (χ3n) is 5.46. The number of amides is 1. The zero-order valence-electron chi connectivity index (χ0n) is 16.6. The molecule has 1 N–H and O–H groups in total. The Kier molecular flexibility index (Phi) is 7.05. The van der Waals surface area contributed by atoms with E-state index in [2.05, 4.69) is 17.4 Å². The molecular weight excluding hydrogens is 390 g/mol. The molecule has 6 nitrogen and oxygen atoms in total. The second-order valence-electron chi connectivity index (χ2n) is 7.28. The van der Waals surface area contributed by atoms with E-state index in [0.29, 0.717) is 25.3 Å². The molecule has 1 aliphatic rings. The number of hydrogen-bond acceptors (Lipinski definition) is 5. The van der Waals surface area contributed by atoms with E-state index in [-0.39, 0.29) is 28.6 Å². The van der Waals surface area contributed by atoms with Crippen molar-refractivity contribution in [3.63, 3.8) is 0 Å². The second kappa shape index (κ2) is 9.52. The topological polar surface area (TPSA) is 81.7 Å². The number of benzene rings is 2. The normalized spacial score (nSPS) is 16.3. The maximum Gasteiger partial charge on any atom is 0.251 e. The molecule has 3 rings (SSSR count). The maximum absolute atomic E-state index is 12.7. The lowest BCUT2D eigenvalue weighted by atomic mass is 9.74. The molecule has 0 spiro atoms. The molecule has 0 aromatic heterocycles. The van der Waals surface area contributed by atoms with Crippen molar-refractivity contribution in [2.24, 2.45) is 0 Å². The van der Waals surface area contributed by atoms with Crippen LogP contribution in [0.5, 0.6) is 0 Å². The van der Waals surface area contributed by atoms with Gasteiger partial charge in [0.1, 0.15) is 0 Å². The average Bonchev–Trinajstić information content (AvgIpc) is 2.77. The highest BCUT2D eigenvalue weighted by Gasteiger charge is 2.34. The first-order valence-electron chi connectivity index (χ1n) is 9.70. The number of ether oxygens (including phenoxy) is 2. The van der Waals surface area contributed by atoms with E-state index in [0.717, 1.165) is 12.8 Å². The number of nitrogens with one attached hydrogen (secondary N) is 1. The molecule has 156 valence electrons. The van der Waals surface area contributed by atoms with Gasteiger partial charge < -0.3 is 14.8 Å². The first-order chi connectivity index (χ1) is 14.0. The molecule has 1 amide bonds. The molecule has 0 saturated carbocycles. The van der Waals surface area contributed by atoms with E-state index in [1.165, 1.54) is 24.8 Å². The highest BCUT2D eigenvalue weighted by Crippen LogP contribution is 2.34. The summed E-state index contributed by atoms with van der Waals surface area (Å²) < 4.78 is 34.8. The van der Waals surface area contributed by atoms with Crippen molar-refractivity contribution >= 4 is 15.7 Å². The van der Waals surface area contributed by atoms with Crippen LogP contribution >= 0.6 is 0 Å². The minimum atomic E-state index is -3.41. The molecule has 0 radical (unpaired) electrons. The number of rotatable bonds is 8.